The van der Waals surface area contributed by atoms with Gasteiger partial charge in [0.25, 0.3) is 0 Å². The molecule has 0 aliphatic carbocycles. The normalized spacial score (nSPS) is 11.1. The van der Waals surface area contributed by atoms with E-state index >= 15 is 0 Å². The van der Waals surface area contributed by atoms with Crippen molar-refractivity contribution in [1.29, 1.82) is 0 Å². The van der Waals surface area contributed by atoms with Crippen molar-refractivity contribution in [3.63, 3.8) is 0 Å². The van der Waals surface area contributed by atoms with Crippen LogP contribution in [0, 0.1) is 20.8 Å². The molecule has 0 unspecified atom stereocenters. The van der Waals surface area contributed by atoms with Crippen molar-refractivity contribution in [2.45, 2.75) is 40.7 Å². The van der Waals surface area contributed by atoms with Crippen LogP contribution in [0.25, 0.3) is 11.0 Å². The van der Waals surface area contributed by atoms with E-state index in [1.54, 1.807) is 0 Å². The Bertz CT molecular complexity index is 816. The lowest BCUT2D eigenvalue weighted by Gasteiger charge is -2.10. The Morgan fingerprint density at radius 3 is 2.39 bits per heavy atom. The second kappa shape index (κ2) is 6.45. The third kappa shape index (κ3) is 3.24. The molecular weight excluding hydrogens is 284 g/mol. The zero-order valence-corrected chi connectivity index (χ0v) is 14.4. The van der Waals surface area contributed by atoms with Crippen LogP contribution in [0.4, 0.5) is 0 Å². The Kier molecular flexibility index (Phi) is 4.37. The number of hydrogen-bond acceptors (Lipinski definition) is 2. The highest BCUT2D eigenvalue weighted by atomic mass is 16.5. The highest BCUT2D eigenvalue weighted by molar-refractivity contribution is 5.78. The van der Waals surface area contributed by atoms with Crippen LogP contribution >= 0.6 is 0 Å². The van der Waals surface area contributed by atoms with Gasteiger partial charge in [0, 0.05) is 0 Å². The molecule has 0 aliphatic rings. The summed E-state index contributed by atoms with van der Waals surface area (Å²) < 4.78 is 8.13. The molecule has 0 aliphatic heterocycles. The van der Waals surface area contributed by atoms with E-state index in [0.717, 1.165) is 30.1 Å². The molecular formula is C20H24N2O. The fourth-order valence-electron chi connectivity index (χ4n) is 2.86. The quantitative estimate of drug-likeness (QED) is 0.688. The number of fused-ring (bicyclic) bond motifs is 1. The van der Waals surface area contributed by atoms with Gasteiger partial charge in [-0.25, -0.2) is 4.98 Å². The SMILES string of the molecule is CCc1ccc(OCCn2c(C)nc3cc(C)c(C)cc32)cc1. The molecule has 3 rings (SSSR count). The summed E-state index contributed by atoms with van der Waals surface area (Å²) in [5, 5.41) is 0. The largest absolute Gasteiger partial charge is 0.492 e. The summed E-state index contributed by atoms with van der Waals surface area (Å²) in [6, 6.07) is 12.7. The fourth-order valence-corrected chi connectivity index (χ4v) is 2.86. The monoisotopic (exact) mass is 308 g/mol. The van der Waals surface area contributed by atoms with E-state index in [1.165, 1.54) is 22.2 Å². The summed E-state index contributed by atoms with van der Waals surface area (Å²) in [6.07, 6.45) is 1.05. The molecule has 0 N–H and O–H groups in total. The zero-order valence-electron chi connectivity index (χ0n) is 14.4. The van der Waals surface area contributed by atoms with Crippen LogP contribution in [0.15, 0.2) is 36.4 Å². The minimum Gasteiger partial charge on any atom is -0.492 e. The summed E-state index contributed by atoms with van der Waals surface area (Å²) >= 11 is 0. The van der Waals surface area contributed by atoms with Crippen LogP contribution in [0.5, 0.6) is 5.75 Å². The van der Waals surface area contributed by atoms with Crippen molar-refractivity contribution in [2.75, 3.05) is 6.61 Å². The van der Waals surface area contributed by atoms with Crippen LogP contribution in [-0.2, 0) is 13.0 Å². The molecule has 1 heterocycles. The second-order valence-electron chi connectivity index (χ2n) is 6.08. The number of rotatable bonds is 5. The van der Waals surface area contributed by atoms with Gasteiger partial charge < -0.3 is 9.30 Å². The highest BCUT2D eigenvalue weighted by Crippen LogP contribution is 2.21. The predicted octanol–water partition coefficient (Wildman–Crippen LogP) is 4.60. The van der Waals surface area contributed by atoms with Crippen LogP contribution in [0.2, 0.25) is 0 Å². The van der Waals surface area contributed by atoms with Gasteiger partial charge in [0.05, 0.1) is 17.6 Å². The number of imidazole rings is 1. The maximum Gasteiger partial charge on any atom is 0.119 e. The first-order chi connectivity index (χ1) is 11.1. The lowest BCUT2D eigenvalue weighted by atomic mass is 10.1. The average molecular weight is 308 g/mol. The summed E-state index contributed by atoms with van der Waals surface area (Å²) in [6.45, 7) is 9.94. The number of aromatic nitrogens is 2. The van der Waals surface area contributed by atoms with Gasteiger partial charge in [0.2, 0.25) is 0 Å². The van der Waals surface area contributed by atoms with E-state index in [9.17, 15) is 0 Å². The summed E-state index contributed by atoms with van der Waals surface area (Å²) in [5.41, 5.74) is 6.18. The topological polar surface area (TPSA) is 27.1 Å². The summed E-state index contributed by atoms with van der Waals surface area (Å²) in [4.78, 5) is 4.67. The van der Waals surface area contributed by atoms with Crippen LogP contribution in [0.3, 0.4) is 0 Å². The van der Waals surface area contributed by atoms with Crippen molar-refractivity contribution >= 4 is 11.0 Å². The van der Waals surface area contributed by atoms with Gasteiger partial charge in [0.1, 0.15) is 18.2 Å². The third-order valence-electron chi connectivity index (χ3n) is 4.47. The van der Waals surface area contributed by atoms with E-state index in [0.29, 0.717) is 6.61 Å². The Balaban J connectivity index is 1.73. The smallest absolute Gasteiger partial charge is 0.119 e. The van der Waals surface area contributed by atoms with Gasteiger partial charge >= 0.3 is 0 Å². The van der Waals surface area contributed by atoms with Crippen molar-refractivity contribution in [1.82, 2.24) is 9.55 Å². The molecule has 0 amide bonds. The maximum atomic E-state index is 5.89. The van der Waals surface area contributed by atoms with Crippen LogP contribution < -0.4 is 4.74 Å². The minimum absolute atomic E-state index is 0.644. The summed E-state index contributed by atoms with van der Waals surface area (Å²) in [5.74, 6) is 1.96. The first kappa shape index (κ1) is 15.6. The first-order valence-corrected chi connectivity index (χ1v) is 8.24. The van der Waals surface area contributed by atoms with Gasteiger partial charge in [-0.2, -0.15) is 0 Å². The standard InChI is InChI=1S/C20H24N2O/c1-5-17-6-8-18(9-7-17)23-11-10-22-16(4)21-19-12-14(2)15(3)13-20(19)22/h6-9,12-13H,5,10-11H2,1-4H3. The molecule has 0 saturated carbocycles. The molecule has 3 aromatic rings. The molecule has 0 bridgehead atoms. The molecule has 0 fully saturated rings. The molecule has 3 nitrogen and oxygen atoms in total. The molecule has 120 valence electrons. The fraction of sp³-hybridized carbons (Fsp3) is 0.350. The van der Waals surface area contributed by atoms with Crippen LogP contribution in [0.1, 0.15) is 29.4 Å². The maximum absolute atomic E-state index is 5.89. The van der Waals surface area contributed by atoms with Gasteiger partial charge in [-0.3, -0.25) is 0 Å². The number of ether oxygens (including phenoxy) is 1. The van der Waals surface area contributed by atoms with Crippen molar-refractivity contribution < 1.29 is 4.74 Å². The molecule has 0 saturated heterocycles. The number of aryl methyl sites for hydroxylation is 4. The number of hydrogen-bond donors (Lipinski definition) is 0. The minimum atomic E-state index is 0.644. The molecule has 0 atom stereocenters. The molecule has 0 radical (unpaired) electrons. The van der Waals surface area contributed by atoms with Gasteiger partial charge in [-0.1, -0.05) is 19.1 Å². The van der Waals surface area contributed by atoms with Crippen molar-refractivity contribution in [3.8, 4) is 5.75 Å². The lowest BCUT2D eigenvalue weighted by Crippen LogP contribution is -2.09. The average Bonchev–Trinajstić information content (AvgIpc) is 2.84. The van der Waals surface area contributed by atoms with E-state index in [2.05, 4.69) is 61.5 Å². The van der Waals surface area contributed by atoms with Crippen molar-refractivity contribution in [2.24, 2.45) is 0 Å². The van der Waals surface area contributed by atoms with Gasteiger partial charge in [-0.15, -0.1) is 0 Å². The Labute approximate surface area is 137 Å². The molecule has 23 heavy (non-hydrogen) atoms. The Morgan fingerprint density at radius 2 is 1.70 bits per heavy atom. The second-order valence-corrected chi connectivity index (χ2v) is 6.08. The highest BCUT2D eigenvalue weighted by Gasteiger charge is 2.09. The van der Waals surface area contributed by atoms with E-state index in [4.69, 9.17) is 4.74 Å². The molecule has 2 aromatic carbocycles. The van der Waals surface area contributed by atoms with Gasteiger partial charge in [0.15, 0.2) is 0 Å². The first-order valence-electron chi connectivity index (χ1n) is 8.24. The van der Waals surface area contributed by atoms with Gasteiger partial charge in [-0.05, 0) is 68.1 Å². The zero-order chi connectivity index (χ0) is 16.4. The summed E-state index contributed by atoms with van der Waals surface area (Å²) in [7, 11) is 0. The Hall–Kier alpha value is -2.29. The lowest BCUT2D eigenvalue weighted by molar-refractivity contribution is 0.299. The van der Waals surface area contributed by atoms with Crippen molar-refractivity contribution in [3.05, 3.63) is 58.9 Å². The Morgan fingerprint density at radius 1 is 1.00 bits per heavy atom. The van der Waals surface area contributed by atoms with E-state index < -0.39 is 0 Å². The molecule has 0 spiro atoms. The molecule has 1 aromatic heterocycles. The van der Waals surface area contributed by atoms with Crippen LogP contribution in [-0.4, -0.2) is 16.2 Å². The number of nitrogens with zero attached hydrogens (tertiary/aromatic N) is 2. The number of benzene rings is 2. The molecule has 3 heteroatoms. The predicted molar refractivity (Wildman–Crippen MR) is 95.3 cm³/mol. The van der Waals surface area contributed by atoms with E-state index in [1.807, 2.05) is 12.1 Å². The third-order valence-corrected chi connectivity index (χ3v) is 4.47. The van der Waals surface area contributed by atoms with E-state index in [-0.39, 0.29) is 0 Å².